The third kappa shape index (κ3) is 3.79. The maximum absolute atomic E-state index is 12.6. The van der Waals surface area contributed by atoms with E-state index >= 15 is 0 Å². The number of nitrogens with one attached hydrogen (secondary N) is 1. The van der Waals surface area contributed by atoms with Crippen LogP contribution in [0.2, 0.25) is 0 Å². The molecule has 21 heavy (non-hydrogen) atoms. The number of sulfonamides is 1. The Morgan fingerprint density at radius 1 is 1.52 bits per heavy atom. The van der Waals surface area contributed by atoms with Crippen molar-refractivity contribution in [1.29, 1.82) is 5.26 Å². The fourth-order valence-corrected chi connectivity index (χ4v) is 3.98. The maximum atomic E-state index is 12.6. The normalized spacial score (nSPS) is 19.4. The van der Waals surface area contributed by atoms with Gasteiger partial charge in [0, 0.05) is 19.3 Å². The first-order chi connectivity index (χ1) is 10.1. The standard InChI is InChI=1S/C14H20N4O2S/c1-2-18(11-12-4-3-7-16-9-12)21(19,20)14-6-5-13(8-15)17-10-14/h5-6,10,12,16H,2-4,7,9,11H2,1H3. The number of hydrogen-bond donors (Lipinski definition) is 1. The van der Waals surface area contributed by atoms with Gasteiger partial charge < -0.3 is 5.32 Å². The Bertz CT molecular complexity index is 601. The lowest BCUT2D eigenvalue weighted by Crippen LogP contribution is -2.41. The van der Waals surface area contributed by atoms with Gasteiger partial charge in [-0.05, 0) is 44.0 Å². The number of hydrogen-bond acceptors (Lipinski definition) is 5. The summed E-state index contributed by atoms with van der Waals surface area (Å²) in [5.41, 5.74) is 0.216. The molecule has 1 aliphatic rings. The molecule has 0 radical (unpaired) electrons. The zero-order valence-electron chi connectivity index (χ0n) is 12.1. The van der Waals surface area contributed by atoms with E-state index in [2.05, 4.69) is 10.3 Å². The van der Waals surface area contributed by atoms with Crippen LogP contribution in [0.5, 0.6) is 0 Å². The van der Waals surface area contributed by atoms with Gasteiger partial charge in [-0.2, -0.15) is 9.57 Å². The molecule has 0 spiro atoms. The van der Waals surface area contributed by atoms with Crippen molar-refractivity contribution in [3.8, 4) is 6.07 Å². The van der Waals surface area contributed by atoms with Gasteiger partial charge in [-0.3, -0.25) is 0 Å². The average molecular weight is 308 g/mol. The SMILES string of the molecule is CCN(CC1CCCNC1)S(=O)(=O)c1ccc(C#N)nc1. The Morgan fingerprint density at radius 2 is 2.33 bits per heavy atom. The van der Waals surface area contributed by atoms with Gasteiger partial charge in [0.15, 0.2) is 0 Å². The quantitative estimate of drug-likeness (QED) is 0.875. The Kier molecular flexibility index (Phi) is 5.28. The molecule has 1 saturated heterocycles. The molecule has 0 bridgehead atoms. The zero-order chi connectivity index (χ0) is 15.3. The summed E-state index contributed by atoms with van der Waals surface area (Å²) in [4.78, 5) is 3.99. The molecule has 0 amide bonds. The van der Waals surface area contributed by atoms with Gasteiger partial charge in [-0.25, -0.2) is 13.4 Å². The van der Waals surface area contributed by atoms with Crippen LogP contribution in [-0.4, -0.2) is 43.9 Å². The van der Waals surface area contributed by atoms with E-state index in [-0.39, 0.29) is 10.6 Å². The lowest BCUT2D eigenvalue weighted by molar-refractivity contribution is 0.298. The Balaban J connectivity index is 2.16. The molecule has 7 heteroatoms. The third-order valence-electron chi connectivity index (χ3n) is 3.70. The summed E-state index contributed by atoms with van der Waals surface area (Å²) in [6, 6.07) is 4.77. The smallest absolute Gasteiger partial charge is 0.244 e. The fraction of sp³-hybridized carbons (Fsp3) is 0.571. The second-order valence-corrected chi connectivity index (χ2v) is 7.10. The first-order valence-corrected chi connectivity index (χ1v) is 8.59. The van der Waals surface area contributed by atoms with Gasteiger partial charge in [0.2, 0.25) is 10.0 Å². The number of rotatable bonds is 5. The van der Waals surface area contributed by atoms with Crippen molar-refractivity contribution in [3.63, 3.8) is 0 Å². The van der Waals surface area contributed by atoms with Gasteiger partial charge in [0.05, 0.1) is 0 Å². The second kappa shape index (κ2) is 6.98. The van der Waals surface area contributed by atoms with Crippen LogP contribution in [0, 0.1) is 17.2 Å². The summed E-state index contributed by atoms with van der Waals surface area (Å²) in [7, 11) is -3.54. The topological polar surface area (TPSA) is 86.1 Å². The Labute approximate surface area is 125 Å². The van der Waals surface area contributed by atoms with E-state index in [1.165, 1.54) is 22.6 Å². The number of nitriles is 1. The van der Waals surface area contributed by atoms with E-state index in [0.717, 1.165) is 25.9 Å². The van der Waals surface area contributed by atoms with E-state index in [4.69, 9.17) is 5.26 Å². The first kappa shape index (κ1) is 15.9. The third-order valence-corrected chi connectivity index (χ3v) is 5.63. The second-order valence-electron chi connectivity index (χ2n) is 5.16. The van der Waals surface area contributed by atoms with Crippen molar-refractivity contribution in [2.45, 2.75) is 24.7 Å². The highest BCUT2D eigenvalue weighted by Gasteiger charge is 2.26. The van der Waals surface area contributed by atoms with Crippen molar-refractivity contribution in [2.24, 2.45) is 5.92 Å². The van der Waals surface area contributed by atoms with Gasteiger partial charge in [0.25, 0.3) is 0 Å². The van der Waals surface area contributed by atoms with Crippen LogP contribution in [0.15, 0.2) is 23.2 Å². The highest BCUT2D eigenvalue weighted by Crippen LogP contribution is 2.19. The highest BCUT2D eigenvalue weighted by atomic mass is 32.2. The minimum atomic E-state index is -3.54. The molecule has 1 N–H and O–H groups in total. The molecule has 2 rings (SSSR count). The number of aromatic nitrogens is 1. The number of nitrogens with zero attached hydrogens (tertiary/aromatic N) is 3. The van der Waals surface area contributed by atoms with Crippen LogP contribution in [0.3, 0.4) is 0 Å². The highest BCUT2D eigenvalue weighted by molar-refractivity contribution is 7.89. The lowest BCUT2D eigenvalue weighted by Gasteiger charge is -2.28. The van der Waals surface area contributed by atoms with Crippen molar-refractivity contribution >= 4 is 10.0 Å². The number of piperidine rings is 1. The van der Waals surface area contributed by atoms with Crippen molar-refractivity contribution in [3.05, 3.63) is 24.0 Å². The van der Waals surface area contributed by atoms with Crippen LogP contribution in [0.1, 0.15) is 25.5 Å². The van der Waals surface area contributed by atoms with Crippen LogP contribution >= 0.6 is 0 Å². The Hall–Kier alpha value is -1.49. The van der Waals surface area contributed by atoms with Crippen molar-refractivity contribution < 1.29 is 8.42 Å². The van der Waals surface area contributed by atoms with Crippen LogP contribution in [-0.2, 0) is 10.0 Å². The van der Waals surface area contributed by atoms with E-state index in [1.807, 2.05) is 13.0 Å². The molecule has 1 aromatic heterocycles. The molecule has 0 aliphatic carbocycles. The van der Waals surface area contributed by atoms with E-state index in [9.17, 15) is 8.42 Å². The lowest BCUT2D eigenvalue weighted by atomic mass is 10.00. The minimum Gasteiger partial charge on any atom is -0.316 e. The van der Waals surface area contributed by atoms with Crippen LogP contribution in [0.25, 0.3) is 0 Å². The summed E-state index contributed by atoms with van der Waals surface area (Å²) in [5, 5.41) is 12.0. The predicted octanol–water partition coefficient (Wildman–Crippen LogP) is 0.963. The van der Waals surface area contributed by atoms with Gasteiger partial charge in [0.1, 0.15) is 16.7 Å². The minimum absolute atomic E-state index is 0.145. The Morgan fingerprint density at radius 3 is 2.86 bits per heavy atom. The van der Waals surface area contributed by atoms with Gasteiger partial charge >= 0.3 is 0 Å². The van der Waals surface area contributed by atoms with E-state index in [1.54, 1.807) is 0 Å². The summed E-state index contributed by atoms with van der Waals surface area (Å²) in [6.07, 6.45) is 3.39. The monoisotopic (exact) mass is 308 g/mol. The van der Waals surface area contributed by atoms with E-state index < -0.39 is 10.0 Å². The molecule has 1 fully saturated rings. The van der Waals surface area contributed by atoms with Crippen LogP contribution in [0.4, 0.5) is 0 Å². The van der Waals surface area contributed by atoms with Crippen molar-refractivity contribution in [2.75, 3.05) is 26.2 Å². The first-order valence-electron chi connectivity index (χ1n) is 7.15. The number of pyridine rings is 1. The molecule has 1 atom stereocenters. The molecule has 6 nitrogen and oxygen atoms in total. The van der Waals surface area contributed by atoms with Gasteiger partial charge in [-0.15, -0.1) is 0 Å². The molecular formula is C14H20N4O2S. The zero-order valence-corrected chi connectivity index (χ0v) is 12.9. The van der Waals surface area contributed by atoms with Crippen molar-refractivity contribution in [1.82, 2.24) is 14.6 Å². The maximum Gasteiger partial charge on any atom is 0.244 e. The van der Waals surface area contributed by atoms with Crippen LogP contribution < -0.4 is 5.32 Å². The van der Waals surface area contributed by atoms with Gasteiger partial charge in [-0.1, -0.05) is 6.92 Å². The summed E-state index contributed by atoms with van der Waals surface area (Å²) in [6.45, 7) is 4.65. The van der Waals surface area contributed by atoms with E-state index in [0.29, 0.717) is 19.0 Å². The molecule has 114 valence electrons. The summed E-state index contributed by atoms with van der Waals surface area (Å²) in [5.74, 6) is 0.347. The molecule has 1 aromatic rings. The average Bonchev–Trinajstić information content (AvgIpc) is 2.53. The molecule has 0 saturated carbocycles. The summed E-state index contributed by atoms with van der Waals surface area (Å²) < 4.78 is 26.7. The molecule has 1 unspecified atom stereocenters. The predicted molar refractivity (Wildman–Crippen MR) is 79.0 cm³/mol. The molecule has 0 aromatic carbocycles. The molecule has 2 heterocycles. The fourth-order valence-electron chi connectivity index (χ4n) is 2.51. The molecular weight excluding hydrogens is 288 g/mol. The largest absolute Gasteiger partial charge is 0.316 e. The molecule has 1 aliphatic heterocycles. The summed E-state index contributed by atoms with van der Waals surface area (Å²) >= 11 is 0.